The Morgan fingerprint density at radius 3 is 2.46 bits per heavy atom. The van der Waals surface area contributed by atoms with Crippen molar-refractivity contribution in [1.29, 1.82) is 0 Å². The van der Waals surface area contributed by atoms with Crippen LogP contribution in [0.4, 0.5) is 22.0 Å². The third-order valence-electron chi connectivity index (χ3n) is 4.00. The van der Waals surface area contributed by atoms with E-state index in [1.807, 2.05) is 0 Å². The molecule has 0 aliphatic carbocycles. The van der Waals surface area contributed by atoms with E-state index in [4.69, 9.17) is 0 Å². The zero-order valence-corrected chi connectivity index (χ0v) is 14.5. The third-order valence-corrected chi connectivity index (χ3v) is 4.00. The Morgan fingerprint density at radius 1 is 1.11 bits per heavy atom. The molecule has 146 valence electrons. The molecule has 3 aromatic rings. The van der Waals surface area contributed by atoms with E-state index in [-0.39, 0.29) is 6.54 Å². The molecule has 0 spiro atoms. The molecule has 1 amide bonds. The fraction of sp³-hybridized carbons (Fsp3) is 0.158. The molecule has 4 nitrogen and oxygen atoms in total. The standard InChI is InChI=1S/C19H14F5N3O/c1-26(11-12-5-4-6-13(20)9-12)18(28)14-10-25-27(17(14)19(22,23)24)16-8-3-2-7-15(16)21/h2-10H,11H2,1H3. The lowest BCUT2D eigenvalue weighted by Gasteiger charge is -2.19. The van der Waals surface area contributed by atoms with Crippen molar-refractivity contribution in [2.75, 3.05) is 7.05 Å². The molecule has 28 heavy (non-hydrogen) atoms. The first kappa shape index (κ1) is 19.5. The fourth-order valence-corrected chi connectivity index (χ4v) is 2.77. The number of carbonyl (C=O) groups excluding carboxylic acids is 1. The van der Waals surface area contributed by atoms with E-state index >= 15 is 0 Å². The Hall–Kier alpha value is -3.23. The third kappa shape index (κ3) is 3.88. The molecule has 0 fully saturated rings. The molecule has 0 saturated heterocycles. The van der Waals surface area contributed by atoms with Crippen LogP contribution in [-0.4, -0.2) is 27.6 Å². The lowest BCUT2D eigenvalue weighted by Crippen LogP contribution is -2.28. The van der Waals surface area contributed by atoms with Crippen LogP contribution in [-0.2, 0) is 12.7 Å². The van der Waals surface area contributed by atoms with Crippen LogP contribution in [0.1, 0.15) is 21.6 Å². The molecule has 0 atom stereocenters. The topological polar surface area (TPSA) is 38.1 Å². The molecule has 0 unspecified atom stereocenters. The summed E-state index contributed by atoms with van der Waals surface area (Å²) >= 11 is 0. The van der Waals surface area contributed by atoms with Crippen molar-refractivity contribution in [3.63, 3.8) is 0 Å². The lowest BCUT2D eigenvalue weighted by atomic mass is 10.1. The second-order valence-electron chi connectivity index (χ2n) is 6.06. The van der Waals surface area contributed by atoms with E-state index in [2.05, 4.69) is 5.10 Å². The van der Waals surface area contributed by atoms with Gasteiger partial charge in [0.25, 0.3) is 5.91 Å². The zero-order valence-electron chi connectivity index (χ0n) is 14.5. The van der Waals surface area contributed by atoms with Crippen LogP contribution in [0.25, 0.3) is 5.69 Å². The summed E-state index contributed by atoms with van der Waals surface area (Å²) < 4.78 is 68.6. The largest absolute Gasteiger partial charge is 0.434 e. The molecule has 0 bridgehead atoms. The molecular formula is C19H14F5N3O. The van der Waals surface area contributed by atoms with Crippen LogP contribution in [0.5, 0.6) is 0 Å². The summed E-state index contributed by atoms with van der Waals surface area (Å²) in [5, 5.41) is 3.59. The highest BCUT2D eigenvalue weighted by Crippen LogP contribution is 2.34. The first-order chi connectivity index (χ1) is 13.2. The van der Waals surface area contributed by atoms with Gasteiger partial charge >= 0.3 is 6.18 Å². The summed E-state index contributed by atoms with van der Waals surface area (Å²) in [5.41, 5.74) is -2.13. The second kappa shape index (κ2) is 7.41. The summed E-state index contributed by atoms with van der Waals surface area (Å²) in [5.74, 6) is -2.41. The minimum absolute atomic E-state index is 0.112. The number of aromatic nitrogens is 2. The Labute approximate surface area is 156 Å². The monoisotopic (exact) mass is 395 g/mol. The second-order valence-corrected chi connectivity index (χ2v) is 6.06. The minimum atomic E-state index is -4.95. The summed E-state index contributed by atoms with van der Waals surface area (Å²) in [7, 11) is 1.29. The molecule has 1 heterocycles. The fourth-order valence-electron chi connectivity index (χ4n) is 2.77. The van der Waals surface area contributed by atoms with E-state index in [0.29, 0.717) is 10.2 Å². The van der Waals surface area contributed by atoms with Gasteiger partial charge in [-0.1, -0.05) is 24.3 Å². The van der Waals surface area contributed by atoms with Crippen molar-refractivity contribution < 1.29 is 26.7 Å². The Kier molecular flexibility index (Phi) is 5.17. The van der Waals surface area contributed by atoms with Gasteiger partial charge in [0.15, 0.2) is 5.69 Å². The highest BCUT2D eigenvalue weighted by molar-refractivity contribution is 5.95. The molecule has 0 radical (unpaired) electrons. The number of nitrogens with zero attached hydrogens (tertiary/aromatic N) is 3. The molecule has 0 aliphatic heterocycles. The number of halogens is 5. The van der Waals surface area contributed by atoms with Crippen molar-refractivity contribution in [3.8, 4) is 5.69 Å². The van der Waals surface area contributed by atoms with Crippen LogP contribution in [0, 0.1) is 11.6 Å². The van der Waals surface area contributed by atoms with E-state index < -0.39 is 40.7 Å². The van der Waals surface area contributed by atoms with E-state index in [1.165, 1.54) is 37.4 Å². The number of carbonyl (C=O) groups is 1. The molecule has 0 aliphatic rings. The maximum atomic E-state index is 14.0. The maximum absolute atomic E-state index is 14.0. The number of amides is 1. The van der Waals surface area contributed by atoms with Crippen LogP contribution >= 0.6 is 0 Å². The highest BCUT2D eigenvalue weighted by atomic mass is 19.4. The first-order valence-corrected chi connectivity index (χ1v) is 8.08. The summed E-state index contributed by atoms with van der Waals surface area (Å²) in [6.07, 6.45) is -4.21. The Bertz CT molecular complexity index is 1010. The molecule has 1 aromatic heterocycles. The van der Waals surface area contributed by atoms with Crippen LogP contribution in [0.3, 0.4) is 0 Å². The Balaban J connectivity index is 2.00. The normalized spacial score (nSPS) is 11.5. The highest BCUT2D eigenvalue weighted by Gasteiger charge is 2.41. The number of benzene rings is 2. The van der Waals surface area contributed by atoms with Gasteiger partial charge in [0.1, 0.15) is 17.3 Å². The molecule has 0 N–H and O–H groups in total. The summed E-state index contributed by atoms with van der Waals surface area (Å²) in [4.78, 5) is 13.6. The minimum Gasteiger partial charge on any atom is -0.337 e. The molecule has 9 heteroatoms. The number of alkyl halides is 3. The Morgan fingerprint density at radius 2 is 1.82 bits per heavy atom. The van der Waals surface area contributed by atoms with Gasteiger partial charge in [-0.15, -0.1) is 0 Å². The van der Waals surface area contributed by atoms with E-state index in [0.717, 1.165) is 23.2 Å². The van der Waals surface area contributed by atoms with Gasteiger partial charge in [0.2, 0.25) is 0 Å². The van der Waals surface area contributed by atoms with E-state index in [9.17, 15) is 26.7 Å². The zero-order chi connectivity index (χ0) is 20.5. The van der Waals surface area contributed by atoms with E-state index in [1.54, 1.807) is 6.07 Å². The number of hydrogen-bond donors (Lipinski definition) is 0. The van der Waals surface area contributed by atoms with Gasteiger partial charge in [-0.3, -0.25) is 4.79 Å². The summed E-state index contributed by atoms with van der Waals surface area (Å²) in [6, 6.07) is 10.2. The predicted molar refractivity (Wildman–Crippen MR) is 90.7 cm³/mol. The van der Waals surface area contributed by atoms with Gasteiger partial charge in [0, 0.05) is 13.6 Å². The van der Waals surface area contributed by atoms with Crippen molar-refractivity contribution >= 4 is 5.91 Å². The number of hydrogen-bond acceptors (Lipinski definition) is 2. The lowest BCUT2D eigenvalue weighted by molar-refractivity contribution is -0.143. The van der Waals surface area contributed by atoms with Crippen molar-refractivity contribution in [3.05, 3.63) is 83.2 Å². The van der Waals surface area contributed by atoms with Crippen molar-refractivity contribution in [1.82, 2.24) is 14.7 Å². The van der Waals surface area contributed by atoms with Gasteiger partial charge < -0.3 is 4.90 Å². The number of para-hydroxylation sites is 1. The predicted octanol–water partition coefficient (Wildman–Crippen LogP) is 4.44. The SMILES string of the molecule is CN(Cc1cccc(F)c1)C(=O)c1cnn(-c2ccccc2F)c1C(F)(F)F. The van der Waals surface area contributed by atoms with Crippen LogP contribution < -0.4 is 0 Å². The average Bonchev–Trinajstić information content (AvgIpc) is 3.06. The van der Waals surface area contributed by atoms with Crippen molar-refractivity contribution in [2.24, 2.45) is 0 Å². The van der Waals surface area contributed by atoms with Crippen LogP contribution in [0.2, 0.25) is 0 Å². The molecule has 3 rings (SSSR count). The van der Waals surface area contributed by atoms with Gasteiger partial charge in [-0.2, -0.15) is 18.3 Å². The molecule has 0 saturated carbocycles. The quantitative estimate of drug-likeness (QED) is 0.613. The van der Waals surface area contributed by atoms with Gasteiger partial charge in [0.05, 0.1) is 11.8 Å². The smallest absolute Gasteiger partial charge is 0.337 e. The summed E-state index contributed by atoms with van der Waals surface area (Å²) in [6.45, 7) is -0.112. The first-order valence-electron chi connectivity index (χ1n) is 8.08. The molecular weight excluding hydrogens is 381 g/mol. The average molecular weight is 395 g/mol. The van der Waals surface area contributed by atoms with Crippen LogP contribution in [0.15, 0.2) is 54.7 Å². The maximum Gasteiger partial charge on any atom is 0.434 e. The van der Waals surface area contributed by atoms with Gasteiger partial charge in [-0.05, 0) is 29.8 Å². The molecule has 2 aromatic carbocycles. The van der Waals surface area contributed by atoms with Gasteiger partial charge in [-0.25, -0.2) is 13.5 Å². The van der Waals surface area contributed by atoms with Crippen molar-refractivity contribution in [2.45, 2.75) is 12.7 Å². The number of rotatable bonds is 4.